The van der Waals surface area contributed by atoms with Gasteiger partial charge in [0.05, 0.1) is 17.4 Å². The van der Waals surface area contributed by atoms with Crippen LogP contribution in [0.2, 0.25) is 0 Å². The van der Waals surface area contributed by atoms with Crippen LogP contribution >= 0.6 is 0 Å². The van der Waals surface area contributed by atoms with Gasteiger partial charge in [0, 0.05) is 12.6 Å². The Morgan fingerprint density at radius 2 is 2.12 bits per heavy atom. The number of carbonyl (C=O) groups is 1. The number of aliphatic hydroxyl groups is 1. The Bertz CT molecular complexity index is 659. The van der Waals surface area contributed by atoms with E-state index in [1.165, 1.54) is 11.0 Å². The lowest BCUT2D eigenvalue weighted by atomic mass is 9.91. The minimum Gasteiger partial charge on any atom is -0.446 e. The number of nitrogens with zero attached hydrogens (tertiary/aromatic N) is 1. The van der Waals surface area contributed by atoms with Crippen molar-refractivity contribution >= 4 is 11.8 Å². The summed E-state index contributed by atoms with van der Waals surface area (Å²) in [6.45, 7) is 3.53. The number of fused-ring (bicyclic) bond motifs is 1. The first-order valence-electron chi connectivity index (χ1n) is 8.53. The van der Waals surface area contributed by atoms with Crippen molar-refractivity contribution in [3.05, 3.63) is 29.3 Å². The van der Waals surface area contributed by atoms with E-state index in [4.69, 9.17) is 4.74 Å². The number of carbonyl (C=O) groups excluding carboxylic acids is 1. The summed E-state index contributed by atoms with van der Waals surface area (Å²) in [4.78, 5) is 14.1. The maximum absolute atomic E-state index is 13.0. The molecule has 1 amide bonds. The number of anilines is 1. The van der Waals surface area contributed by atoms with Crippen molar-refractivity contribution in [3.8, 4) is 0 Å². The maximum Gasteiger partial charge on any atom is 0.416 e. The highest BCUT2D eigenvalue weighted by molar-refractivity contribution is 5.90. The van der Waals surface area contributed by atoms with Crippen molar-refractivity contribution in [2.45, 2.75) is 51.4 Å². The normalized spacial score (nSPS) is 25.7. The fourth-order valence-electron chi connectivity index (χ4n) is 3.66. The number of aryl methyl sites for hydroxylation is 1. The standard InChI is InChI=1S/C18H22F3NO3/c1-10(2)25-17(24)22-15-6-4-13(18(19,20)21)7-11(15)3-5-16(22)14-8-12(14)9-23/h4,6-7,10,12,14,16,23H,3,5,8-9H2,1-2H3. The van der Waals surface area contributed by atoms with E-state index < -0.39 is 17.8 Å². The minimum atomic E-state index is -4.41. The molecule has 138 valence electrons. The first-order valence-corrected chi connectivity index (χ1v) is 8.53. The van der Waals surface area contributed by atoms with Crippen LogP contribution in [0.25, 0.3) is 0 Å². The number of aliphatic hydroxyl groups excluding tert-OH is 1. The van der Waals surface area contributed by atoms with Crippen LogP contribution in [0.3, 0.4) is 0 Å². The molecule has 0 aromatic heterocycles. The van der Waals surface area contributed by atoms with Crippen LogP contribution in [0.4, 0.5) is 23.7 Å². The molecule has 1 saturated carbocycles. The van der Waals surface area contributed by atoms with Crippen LogP contribution in [-0.4, -0.2) is 30.0 Å². The zero-order chi connectivity index (χ0) is 18.4. The molecule has 25 heavy (non-hydrogen) atoms. The third-order valence-corrected chi connectivity index (χ3v) is 4.95. The Hall–Kier alpha value is -1.76. The van der Waals surface area contributed by atoms with Gasteiger partial charge < -0.3 is 9.84 Å². The van der Waals surface area contributed by atoms with E-state index in [0.717, 1.165) is 18.6 Å². The maximum atomic E-state index is 13.0. The van der Waals surface area contributed by atoms with E-state index >= 15 is 0 Å². The predicted octanol–water partition coefficient (Wildman–Crippen LogP) is 4.00. The highest BCUT2D eigenvalue weighted by atomic mass is 19.4. The fraction of sp³-hybridized carbons (Fsp3) is 0.611. The van der Waals surface area contributed by atoms with Crippen molar-refractivity contribution in [1.82, 2.24) is 0 Å². The summed E-state index contributed by atoms with van der Waals surface area (Å²) in [7, 11) is 0. The summed E-state index contributed by atoms with van der Waals surface area (Å²) in [5.41, 5.74) is 0.285. The Balaban J connectivity index is 1.95. The molecule has 0 saturated heterocycles. The number of rotatable bonds is 3. The molecule has 4 nitrogen and oxygen atoms in total. The molecule has 0 spiro atoms. The molecule has 1 aliphatic carbocycles. The Labute approximate surface area is 144 Å². The molecule has 3 rings (SSSR count). The van der Waals surface area contributed by atoms with E-state index in [9.17, 15) is 23.1 Å². The molecule has 2 aliphatic rings. The second kappa shape index (κ2) is 6.52. The summed E-state index contributed by atoms with van der Waals surface area (Å²) < 4.78 is 44.2. The second-order valence-electron chi connectivity index (χ2n) is 7.09. The molecule has 1 heterocycles. The number of amides is 1. The minimum absolute atomic E-state index is 0.0636. The average Bonchev–Trinajstić information content (AvgIpc) is 3.31. The van der Waals surface area contributed by atoms with Gasteiger partial charge in [-0.15, -0.1) is 0 Å². The van der Waals surface area contributed by atoms with E-state index in [0.29, 0.717) is 24.1 Å². The third-order valence-electron chi connectivity index (χ3n) is 4.95. The van der Waals surface area contributed by atoms with Crippen molar-refractivity contribution < 1.29 is 27.8 Å². The number of hydrogen-bond donors (Lipinski definition) is 1. The third kappa shape index (κ3) is 3.61. The van der Waals surface area contributed by atoms with Crippen LogP contribution < -0.4 is 4.90 Å². The van der Waals surface area contributed by atoms with Gasteiger partial charge in [-0.25, -0.2) is 4.79 Å². The van der Waals surface area contributed by atoms with Crippen LogP contribution in [0.15, 0.2) is 18.2 Å². The highest BCUT2D eigenvalue weighted by Gasteiger charge is 2.48. The Morgan fingerprint density at radius 3 is 2.68 bits per heavy atom. The zero-order valence-corrected chi connectivity index (χ0v) is 14.2. The van der Waals surface area contributed by atoms with Crippen LogP contribution in [0, 0.1) is 11.8 Å². The molecule has 7 heteroatoms. The lowest BCUT2D eigenvalue weighted by Crippen LogP contribution is -2.46. The number of alkyl halides is 3. The van der Waals surface area contributed by atoms with Crippen LogP contribution in [0.1, 0.15) is 37.8 Å². The quantitative estimate of drug-likeness (QED) is 0.890. The summed E-state index contributed by atoms with van der Waals surface area (Å²) >= 11 is 0. The van der Waals surface area contributed by atoms with Gasteiger partial charge in [0.2, 0.25) is 0 Å². The predicted molar refractivity (Wildman–Crippen MR) is 86.3 cm³/mol. The van der Waals surface area contributed by atoms with E-state index in [1.807, 2.05) is 0 Å². The van der Waals surface area contributed by atoms with Gasteiger partial charge >= 0.3 is 12.3 Å². The first-order chi connectivity index (χ1) is 11.7. The molecule has 3 atom stereocenters. The lowest BCUT2D eigenvalue weighted by Gasteiger charge is -2.37. The average molecular weight is 357 g/mol. The Kier molecular flexibility index (Phi) is 4.70. The van der Waals surface area contributed by atoms with Crippen LogP contribution in [-0.2, 0) is 17.3 Å². The monoisotopic (exact) mass is 357 g/mol. The molecular formula is C18H22F3NO3. The van der Waals surface area contributed by atoms with E-state index in [2.05, 4.69) is 0 Å². The molecule has 1 aromatic rings. The summed E-state index contributed by atoms with van der Waals surface area (Å²) in [6.07, 6.45) is -3.40. The first kappa shape index (κ1) is 18.0. The van der Waals surface area contributed by atoms with Gasteiger partial charge in [-0.2, -0.15) is 13.2 Å². The van der Waals surface area contributed by atoms with Gasteiger partial charge in [0.25, 0.3) is 0 Å². The van der Waals surface area contributed by atoms with E-state index in [1.54, 1.807) is 13.8 Å². The molecule has 1 aromatic carbocycles. The van der Waals surface area contributed by atoms with Gasteiger partial charge in [-0.05, 0) is 68.7 Å². The molecular weight excluding hydrogens is 335 g/mol. The largest absolute Gasteiger partial charge is 0.446 e. The molecule has 1 N–H and O–H groups in total. The van der Waals surface area contributed by atoms with Gasteiger partial charge in [0.15, 0.2) is 0 Å². The van der Waals surface area contributed by atoms with Crippen molar-refractivity contribution in [3.63, 3.8) is 0 Å². The summed E-state index contributed by atoms with van der Waals surface area (Å²) in [6, 6.07) is 3.35. The van der Waals surface area contributed by atoms with Crippen LogP contribution in [0.5, 0.6) is 0 Å². The molecule has 3 unspecified atom stereocenters. The van der Waals surface area contributed by atoms with Gasteiger partial charge in [0.1, 0.15) is 0 Å². The molecule has 0 radical (unpaired) electrons. The lowest BCUT2D eigenvalue weighted by molar-refractivity contribution is -0.137. The highest BCUT2D eigenvalue weighted by Crippen LogP contribution is 2.48. The number of ether oxygens (including phenoxy) is 1. The SMILES string of the molecule is CC(C)OC(=O)N1c2ccc(C(F)(F)F)cc2CCC1C1CC1CO. The van der Waals surface area contributed by atoms with Gasteiger partial charge in [-0.1, -0.05) is 0 Å². The number of benzene rings is 1. The molecule has 1 fully saturated rings. The van der Waals surface area contributed by atoms with Crippen molar-refractivity contribution in [2.24, 2.45) is 11.8 Å². The second-order valence-corrected chi connectivity index (χ2v) is 7.09. The smallest absolute Gasteiger partial charge is 0.416 e. The molecule has 1 aliphatic heterocycles. The van der Waals surface area contributed by atoms with Crippen molar-refractivity contribution in [2.75, 3.05) is 11.5 Å². The summed E-state index contributed by atoms with van der Waals surface area (Å²) in [5, 5.41) is 9.34. The van der Waals surface area contributed by atoms with Crippen molar-refractivity contribution in [1.29, 1.82) is 0 Å². The zero-order valence-electron chi connectivity index (χ0n) is 14.2. The fourth-order valence-corrected chi connectivity index (χ4v) is 3.66. The van der Waals surface area contributed by atoms with E-state index in [-0.39, 0.29) is 30.6 Å². The van der Waals surface area contributed by atoms with Gasteiger partial charge in [-0.3, -0.25) is 4.90 Å². The summed E-state index contributed by atoms with van der Waals surface area (Å²) in [5.74, 6) is 0.315. The molecule has 0 bridgehead atoms. The Morgan fingerprint density at radius 1 is 1.40 bits per heavy atom. The number of hydrogen-bond acceptors (Lipinski definition) is 3. The number of halogens is 3. The topological polar surface area (TPSA) is 49.8 Å².